The van der Waals surface area contributed by atoms with E-state index in [1.54, 1.807) is 37.9 Å². The minimum Gasteiger partial charge on any atom is -0.497 e. The second-order valence-electron chi connectivity index (χ2n) is 10.5. The molecule has 0 radical (unpaired) electrons. The molecule has 2 aromatic rings. The first-order valence-electron chi connectivity index (χ1n) is 13.3. The van der Waals surface area contributed by atoms with Gasteiger partial charge in [0.05, 0.1) is 18.6 Å². The predicted molar refractivity (Wildman–Crippen MR) is 154 cm³/mol. The highest BCUT2D eigenvalue weighted by Gasteiger charge is 2.27. The molecule has 0 saturated carbocycles. The van der Waals surface area contributed by atoms with Crippen LogP contribution in [0, 0.1) is 13.8 Å². The van der Waals surface area contributed by atoms with Gasteiger partial charge in [0.1, 0.15) is 11.5 Å². The molecule has 9 nitrogen and oxygen atoms in total. The maximum absolute atomic E-state index is 13.2. The number of ketones is 1. The van der Waals surface area contributed by atoms with Gasteiger partial charge in [0.2, 0.25) is 15.9 Å². The number of aryl methyl sites for hydroxylation is 2. The van der Waals surface area contributed by atoms with Crippen molar-refractivity contribution in [1.82, 2.24) is 14.1 Å². The van der Waals surface area contributed by atoms with Crippen molar-refractivity contribution in [2.75, 3.05) is 65.9 Å². The number of carbonyl (C=O) groups is 2. The summed E-state index contributed by atoms with van der Waals surface area (Å²) in [5, 5.41) is 0. The van der Waals surface area contributed by atoms with E-state index < -0.39 is 10.0 Å². The monoisotopic (exact) mass is 558 g/mol. The number of methoxy groups -OCH3 is 1. The minimum absolute atomic E-state index is 0.0219. The Labute approximate surface area is 233 Å². The van der Waals surface area contributed by atoms with Crippen molar-refractivity contribution >= 4 is 27.4 Å². The molecule has 39 heavy (non-hydrogen) atoms. The van der Waals surface area contributed by atoms with Gasteiger partial charge in [-0.05, 0) is 74.8 Å². The van der Waals surface area contributed by atoms with E-state index in [1.807, 2.05) is 12.1 Å². The molecule has 0 spiro atoms. The summed E-state index contributed by atoms with van der Waals surface area (Å²) >= 11 is 0. The summed E-state index contributed by atoms with van der Waals surface area (Å²) in [6.45, 7) is 7.74. The maximum Gasteiger partial charge on any atom is 0.243 e. The summed E-state index contributed by atoms with van der Waals surface area (Å²) < 4.78 is 32.6. The smallest absolute Gasteiger partial charge is 0.243 e. The lowest BCUT2D eigenvalue weighted by Gasteiger charge is -2.23. The fraction of sp³-hybridized carbons (Fsp3) is 0.517. The van der Waals surface area contributed by atoms with Crippen LogP contribution in [-0.4, -0.2) is 95.2 Å². The lowest BCUT2D eigenvalue weighted by atomic mass is 10.1. The molecule has 10 heteroatoms. The largest absolute Gasteiger partial charge is 0.497 e. The number of nitrogens with zero attached hydrogens (tertiary/aromatic N) is 4. The molecule has 1 heterocycles. The normalized spacial score (nSPS) is 14.8. The van der Waals surface area contributed by atoms with Gasteiger partial charge in [0, 0.05) is 58.8 Å². The molecule has 0 bridgehead atoms. The Morgan fingerprint density at radius 3 is 2.21 bits per heavy atom. The number of ether oxygens (including phenoxy) is 1. The molecule has 3 rings (SSSR count). The molecule has 1 aliphatic rings. The van der Waals surface area contributed by atoms with E-state index >= 15 is 0 Å². The topological polar surface area (TPSA) is 90.5 Å². The van der Waals surface area contributed by atoms with Gasteiger partial charge in [-0.2, -0.15) is 4.31 Å². The number of carbonyl (C=O) groups excluding carboxylic acids is 2. The number of benzene rings is 2. The van der Waals surface area contributed by atoms with Gasteiger partial charge in [-0.1, -0.05) is 12.1 Å². The summed E-state index contributed by atoms with van der Waals surface area (Å²) in [5.41, 5.74) is 3.31. The van der Waals surface area contributed by atoms with Crippen LogP contribution in [0.4, 0.5) is 5.69 Å². The van der Waals surface area contributed by atoms with Gasteiger partial charge in [-0.3, -0.25) is 9.59 Å². The first-order valence-corrected chi connectivity index (χ1v) is 14.8. The third kappa shape index (κ3) is 8.03. The second kappa shape index (κ2) is 13.4. The zero-order chi connectivity index (χ0) is 28.7. The number of Topliss-reactive ketones (excluding diaryl/α,β-unsaturated/α-hetero) is 1. The Hall–Kier alpha value is -2.95. The van der Waals surface area contributed by atoms with Crippen LogP contribution in [0.2, 0.25) is 0 Å². The lowest BCUT2D eigenvalue weighted by Crippen LogP contribution is -2.34. The van der Waals surface area contributed by atoms with Gasteiger partial charge in [-0.15, -0.1) is 0 Å². The number of hydrogen-bond acceptors (Lipinski definition) is 7. The van der Waals surface area contributed by atoms with Crippen LogP contribution in [0.15, 0.2) is 41.3 Å². The van der Waals surface area contributed by atoms with Crippen molar-refractivity contribution in [2.45, 2.75) is 44.6 Å². The summed E-state index contributed by atoms with van der Waals surface area (Å²) in [5.74, 6) is 0.112. The highest BCUT2D eigenvalue weighted by Crippen LogP contribution is 2.28. The first kappa shape index (κ1) is 30.6. The molecule has 0 aromatic heterocycles. The quantitative estimate of drug-likeness (QED) is 0.419. The Balaban J connectivity index is 1.50. The third-order valence-corrected chi connectivity index (χ3v) is 9.33. The average molecular weight is 559 g/mol. The Kier molecular flexibility index (Phi) is 10.5. The number of sulfonamides is 1. The van der Waals surface area contributed by atoms with Crippen LogP contribution in [0.25, 0.3) is 0 Å². The molecule has 0 aliphatic carbocycles. The van der Waals surface area contributed by atoms with Crippen molar-refractivity contribution in [2.24, 2.45) is 0 Å². The molecule has 0 unspecified atom stereocenters. The summed E-state index contributed by atoms with van der Waals surface area (Å²) in [7, 11) is 2.91. The zero-order valence-electron chi connectivity index (χ0n) is 24.1. The van der Waals surface area contributed by atoms with E-state index in [1.165, 1.54) is 19.8 Å². The highest BCUT2D eigenvalue weighted by atomic mass is 32.2. The van der Waals surface area contributed by atoms with Crippen molar-refractivity contribution in [3.8, 4) is 5.75 Å². The van der Waals surface area contributed by atoms with Crippen LogP contribution >= 0.6 is 0 Å². The Bertz CT molecular complexity index is 1240. The van der Waals surface area contributed by atoms with Crippen LogP contribution in [0.1, 0.15) is 36.0 Å². The number of rotatable bonds is 11. The van der Waals surface area contributed by atoms with E-state index in [0.717, 1.165) is 42.5 Å². The number of hydrogen-bond donors (Lipinski definition) is 0. The summed E-state index contributed by atoms with van der Waals surface area (Å²) in [4.78, 5) is 31.8. The van der Waals surface area contributed by atoms with E-state index in [2.05, 4.69) is 29.0 Å². The van der Waals surface area contributed by atoms with Crippen molar-refractivity contribution in [1.29, 1.82) is 0 Å². The molecular formula is C29H42N4O5S. The van der Waals surface area contributed by atoms with E-state index in [0.29, 0.717) is 23.4 Å². The first-order chi connectivity index (χ1) is 18.4. The fourth-order valence-corrected chi connectivity index (χ4v) is 6.48. The number of likely N-dealkylation sites (N-methyl/N-ethyl adjacent to an activating group) is 2. The van der Waals surface area contributed by atoms with Crippen LogP contribution in [0.5, 0.6) is 5.75 Å². The van der Waals surface area contributed by atoms with Crippen molar-refractivity contribution in [3.63, 3.8) is 0 Å². The molecule has 1 amide bonds. The summed E-state index contributed by atoms with van der Waals surface area (Å²) in [6.07, 6.45) is 1.14. The molecule has 214 valence electrons. The molecule has 1 fully saturated rings. The fourth-order valence-electron chi connectivity index (χ4n) is 4.92. The van der Waals surface area contributed by atoms with Crippen LogP contribution in [-0.2, 0) is 26.2 Å². The predicted octanol–water partition coefficient (Wildman–Crippen LogP) is 3.08. The number of anilines is 1. The van der Waals surface area contributed by atoms with Crippen LogP contribution in [0.3, 0.4) is 0 Å². The third-order valence-electron chi connectivity index (χ3n) is 7.22. The molecular weight excluding hydrogens is 516 g/mol. The molecule has 0 atom stereocenters. The minimum atomic E-state index is -3.88. The SMILES string of the molecule is COc1cc(C)c(S(=O)(=O)N(C)CC(=O)CCC(=O)N(C)Cc2ccc(N3CCCN(C)CC3)cc2)c(C)c1. The van der Waals surface area contributed by atoms with E-state index in [-0.39, 0.29) is 36.0 Å². The maximum atomic E-state index is 13.2. The average Bonchev–Trinajstić information content (AvgIpc) is 3.11. The van der Waals surface area contributed by atoms with Gasteiger partial charge in [0.25, 0.3) is 0 Å². The summed E-state index contributed by atoms with van der Waals surface area (Å²) in [6, 6.07) is 11.6. The van der Waals surface area contributed by atoms with Gasteiger partial charge < -0.3 is 19.4 Å². The molecule has 0 N–H and O–H groups in total. The molecule has 1 saturated heterocycles. The number of amides is 1. The standard InChI is InChI=1S/C29H42N4O5S/c1-22-18-27(38-6)19-23(2)29(22)39(36,37)32(5)21-26(34)12-13-28(35)31(4)20-24-8-10-25(11-9-24)33-15-7-14-30(3)16-17-33/h8-11,18-19H,7,12-17,20-21H2,1-6H3. The lowest BCUT2D eigenvalue weighted by molar-refractivity contribution is -0.132. The van der Waals surface area contributed by atoms with Gasteiger partial charge in [-0.25, -0.2) is 8.42 Å². The second-order valence-corrected chi connectivity index (χ2v) is 12.4. The molecule has 1 aliphatic heterocycles. The van der Waals surface area contributed by atoms with Gasteiger partial charge in [0.15, 0.2) is 0 Å². The van der Waals surface area contributed by atoms with E-state index in [4.69, 9.17) is 4.74 Å². The Morgan fingerprint density at radius 2 is 1.59 bits per heavy atom. The molecule has 2 aromatic carbocycles. The van der Waals surface area contributed by atoms with Crippen molar-refractivity contribution in [3.05, 3.63) is 53.1 Å². The van der Waals surface area contributed by atoms with Crippen LogP contribution < -0.4 is 9.64 Å². The van der Waals surface area contributed by atoms with Gasteiger partial charge >= 0.3 is 0 Å². The Morgan fingerprint density at radius 1 is 0.949 bits per heavy atom. The van der Waals surface area contributed by atoms with Crippen molar-refractivity contribution < 1.29 is 22.7 Å². The highest BCUT2D eigenvalue weighted by molar-refractivity contribution is 7.89. The zero-order valence-corrected chi connectivity index (χ0v) is 24.9. The van der Waals surface area contributed by atoms with E-state index in [9.17, 15) is 18.0 Å².